The Kier molecular flexibility index (Phi) is 10.9. The summed E-state index contributed by atoms with van der Waals surface area (Å²) in [5.41, 5.74) is 2.21. The molecule has 4 rings (SSSR count). The summed E-state index contributed by atoms with van der Waals surface area (Å²) in [6.07, 6.45) is 10.1. The van der Waals surface area contributed by atoms with E-state index >= 15 is 0 Å². The van der Waals surface area contributed by atoms with E-state index in [2.05, 4.69) is 26.0 Å². The van der Waals surface area contributed by atoms with Crippen molar-refractivity contribution in [2.75, 3.05) is 14.2 Å². The molecule has 2 aromatic carbocycles. The first kappa shape index (κ1) is 29.2. The number of esters is 1. The van der Waals surface area contributed by atoms with Crippen LogP contribution in [0, 0.1) is 17.8 Å². The van der Waals surface area contributed by atoms with Gasteiger partial charge in [-0.25, -0.2) is 0 Å². The van der Waals surface area contributed by atoms with Gasteiger partial charge in [-0.15, -0.1) is 0 Å². The van der Waals surface area contributed by atoms with Gasteiger partial charge >= 0.3 is 5.97 Å². The van der Waals surface area contributed by atoms with E-state index in [1.165, 1.54) is 19.3 Å². The molecule has 1 saturated heterocycles. The van der Waals surface area contributed by atoms with Crippen LogP contribution in [-0.2, 0) is 32.2 Å². The normalized spacial score (nSPS) is 23.9. The Bertz CT molecular complexity index is 1050. The van der Waals surface area contributed by atoms with Crippen molar-refractivity contribution >= 4 is 5.97 Å². The lowest BCUT2D eigenvalue weighted by molar-refractivity contribution is -0.142. The highest BCUT2D eigenvalue weighted by atomic mass is 16.6. The molecule has 6 heteroatoms. The number of ether oxygens (including phenoxy) is 5. The minimum absolute atomic E-state index is 0.00814. The minimum Gasteiger partial charge on any atom is -0.497 e. The van der Waals surface area contributed by atoms with Gasteiger partial charge in [-0.05, 0) is 47.7 Å². The molecule has 212 valence electrons. The first-order valence-electron chi connectivity index (χ1n) is 14.4. The van der Waals surface area contributed by atoms with Crippen LogP contribution in [0.1, 0.15) is 63.5 Å². The molecule has 1 aliphatic carbocycles. The molecule has 39 heavy (non-hydrogen) atoms. The smallest absolute Gasteiger partial charge is 0.306 e. The van der Waals surface area contributed by atoms with Crippen LogP contribution in [0.4, 0.5) is 0 Å². The molecule has 1 saturated carbocycles. The van der Waals surface area contributed by atoms with Gasteiger partial charge in [0.2, 0.25) is 0 Å². The Labute approximate surface area is 233 Å². The first-order valence-corrected chi connectivity index (χ1v) is 14.4. The van der Waals surface area contributed by atoms with Gasteiger partial charge in [-0.1, -0.05) is 69.5 Å². The maximum Gasteiger partial charge on any atom is 0.306 e. The van der Waals surface area contributed by atoms with Gasteiger partial charge in [-0.2, -0.15) is 0 Å². The SMILES string of the molecule is CCCC[C@H](C)C[C@@H](/C=C/C1C(OCc2ccc(OC)cc2)CC2OC(=O)CC21)OCc1ccc(OC)cc1. The number of carbonyl (C=O) groups is 1. The molecule has 6 nitrogen and oxygen atoms in total. The maximum absolute atomic E-state index is 12.1. The van der Waals surface area contributed by atoms with Gasteiger partial charge in [0.05, 0.1) is 46.1 Å². The number of rotatable bonds is 15. The molecule has 0 aromatic heterocycles. The van der Waals surface area contributed by atoms with Gasteiger partial charge in [0.15, 0.2) is 0 Å². The van der Waals surface area contributed by atoms with Crippen molar-refractivity contribution < 1.29 is 28.5 Å². The number of unbranched alkanes of at least 4 members (excludes halogenated alkanes) is 1. The number of carbonyl (C=O) groups excluding carboxylic acids is 1. The Morgan fingerprint density at radius 2 is 1.62 bits per heavy atom. The highest BCUT2D eigenvalue weighted by Crippen LogP contribution is 2.44. The predicted octanol–water partition coefficient (Wildman–Crippen LogP) is 6.90. The zero-order valence-electron chi connectivity index (χ0n) is 23.8. The zero-order valence-corrected chi connectivity index (χ0v) is 23.8. The third-order valence-corrected chi connectivity index (χ3v) is 8.03. The lowest BCUT2D eigenvalue weighted by atomic mass is 9.90. The van der Waals surface area contributed by atoms with E-state index in [-0.39, 0.29) is 36.1 Å². The van der Waals surface area contributed by atoms with E-state index in [1.54, 1.807) is 14.2 Å². The number of fused-ring (bicyclic) bond motifs is 1. The second-order valence-corrected chi connectivity index (χ2v) is 11.0. The van der Waals surface area contributed by atoms with Crippen LogP contribution in [0.5, 0.6) is 11.5 Å². The molecule has 4 unspecified atom stereocenters. The van der Waals surface area contributed by atoms with Crippen LogP contribution in [0.25, 0.3) is 0 Å². The molecule has 2 fully saturated rings. The highest BCUT2D eigenvalue weighted by molar-refractivity contribution is 5.72. The average Bonchev–Trinajstić information content (AvgIpc) is 3.48. The highest BCUT2D eigenvalue weighted by Gasteiger charge is 2.49. The van der Waals surface area contributed by atoms with Gasteiger partial charge in [0.1, 0.15) is 17.6 Å². The quantitative estimate of drug-likeness (QED) is 0.182. The third kappa shape index (κ3) is 8.33. The fourth-order valence-electron chi connectivity index (χ4n) is 5.71. The average molecular weight is 537 g/mol. The number of hydrogen-bond acceptors (Lipinski definition) is 6. The lowest BCUT2D eigenvalue weighted by Crippen LogP contribution is -2.22. The van der Waals surface area contributed by atoms with Gasteiger partial charge in [0.25, 0.3) is 0 Å². The minimum atomic E-state index is -0.0995. The van der Waals surface area contributed by atoms with Crippen molar-refractivity contribution in [2.24, 2.45) is 17.8 Å². The summed E-state index contributed by atoms with van der Waals surface area (Å²) in [7, 11) is 3.34. The van der Waals surface area contributed by atoms with E-state index in [4.69, 9.17) is 23.7 Å². The molecule has 6 atom stereocenters. The van der Waals surface area contributed by atoms with Crippen LogP contribution in [0.15, 0.2) is 60.7 Å². The van der Waals surface area contributed by atoms with Crippen LogP contribution in [0.3, 0.4) is 0 Å². The summed E-state index contributed by atoms with van der Waals surface area (Å²) in [5, 5.41) is 0. The second-order valence-electron chi connectivity index (χ2n) is 11.0. The van der Waals surface area contributed by atoms with E-state index in [9.17, 15) is 4.79 Å². The Hall–Kier alpha value is -2.83. The number of benzene rings is 2. The topological polar surface area (TPSA) is 63.2 Å². The number of hydrogen-bond donors (Lipinski definition) is 0. The molecule has 0 amide bonds. The van der Waals surface area contributed by atoms with Crippen molar-refractivity contribution in [2.45, 2.75) is 83.9 Å². The van der Waals surface area contributed by atoms with Gasteiger partial charge in [-0.3, -0.25) is 4.79 Å². The standard InChI is InChI=1S/C33H44O6/c1-5-6-7-23(2)18-28(37-21-24-8-12-26(35-3)13-9-24)16-17-29-30-19-33(34)39-32(30)20-31(29)38-22-25-10-14-27(36-4)15-11-25/h8-17,23,28-32H,5-7,18-22H2,1-4H3/b17-16+/t23-,28+,29?,30?,31?,32?/m0/s1. The summed E-state index contributed by atoms with van der Waals surface area (Å²) in [5.74, 6) is 2.39. The molecule has 0 N–H and O–H groups in total. The largest absolute Gasteiger partial charge is 0.497 e. The molecule has 0 radical (unpaired) electrons. The van der Waals surface area contributed by atoms with E-state index in [1.807, 2.05) is 48.5 Å². The lowest BCUT2D eigenvalue weighted by Gasteiger charge is -2.23. The number of methoxy groups -OCH3 is 2. The monoisotopic (exact) mass is 536 g/mol. The predicted molar refractivity (Wildman–Crippen MR) is 152 cm³/mol. The summed E-state index contributed by atoms with van der Waals surface area (Å²) in [4.78, 5) is 12.1. The van der Waals surface area contributed by atoms with Gasteiger partial charge < -0.3 is 23.7 Å². The summed E-state index contributed by atoms with van der Waals surface area (Å²) >= 11 is 0. The Balaban J connectivity index is 1.44. The molecular formula is C33H44O6. The van der Waals surface area contributed by atoms with E-state index in [0.717, 1.165) is 35.5 Å². The molecule has 1 aliphatic heterocycles. The Morgan fingerprint density at radius 3 is 2.23 bits per heavy atom. The zero-order chi connectivity index (χ0) is 27.6. The Morgan fingerprint density at radius 1 is 0.974 bits per heavy atom. The molecule has 0 spiro atoms. The van der Waals surface area contributed by atoms with Crippen LogP contribution >= 0.6 is 0 Å². The van der Waals surface area contributed by atoms with Crippen molar-refractivity contribution in [1.82, 2.24) is 0 Å². The van der Waals surface area contributed by atoms with Crippen LogP contribution in [0.2, 0.25) is 0 Å². The van der Waals surface area contributed by atoms with Crippen molar-refractivity contribution in [3.8, 4) is 11.5 Å². The summed E-state index contributed by atoms with van der Waals surface area (Å²) in [6, 6.07) is 16.0. The van der Waals surface area contributed by atoms with Crippen molar-refractivity contribution in [3.63, 3.8) is 0 Å². The van der Waals surface area contributed by atoms with Gasteiger partial charge in [0, 0.05) is 18.3 Å². The molecule has 2 aliphatic rings. The fourth-order valence-corrected chi connectivity index (χ4v) is 5.71. The first-order chi connectivity index (χ1) is 19.0. The molecule has 0 bridgehead atoms. The van der Waals surface area contributed by atoms with Crippen LogP contribution in [-0.4, -0.2) is 38.5 Å². The van der Waals surface area contributed by atoms with E-state index < -0.39 is 0 Å². The summed E-state index contributed by atoms with van der Waals surface area (Å²) in [6.45, 7) is 5.59. The van der Waals surface area contributed by atoms with Crippen molar-refractivity contribution in [3.05, 3.63) is 71.8 Å². The van der Waals surface area contributed by atoms with Crippen LogP contribution < -0.4 is 9.47 Å². The molecular weight excluding hydrogens is 492 g/mol. The molecule has 1 heterocycles. The molecule has 2 aromatic rings. The van der Waals surface area contributed by atoms with E-state index in [0.29, 0.717) is 25.6 Å². The second kappa shape index (κ2) is 14.5. The summed E-state index contributed by atoms with van der Waals surface area (Å²) < 4.78 is 29.1. The maximum atomic E-state index is 12.1. The van der Waals surface area contributed by atoms with Crippen molar-refractivity contribution in [1.29, 1.82) is 0 Å². The third-order valence-electron chi connectivity index (χ3n) is 8.03. The fraction of sp³-hybridized carbons (Fsp3) is 0.545.